The van der Waals surface area contributed by atoms with Gasteiger partial charge in [-0.1, -0.05) is 74.5 Å². The van der Waals surface area contributed by atoms with Gasteiger partial charge in [-0.25, -0.2) is 4.79 Å². The maximum absolute atomic E-state index is 14.1. The number of rotatable bonds is 13. The van der Waals surface area contributed by atoms with Gasteiger partial charge in [0.1, 0.15) is 30.1 Å². The Hall–Kier alpha value is -3.70. The van der Waals surface area contributed by atoms with Crippen molar-refractivity contribution in [3.05, 3.63) is 71.8 Å². The molecule has 1 aliphatic rings. The lowest BCUT2D eigenvalue weighted by Crippen LogP contribution is -2.58. The predicted molar refractivity (Wildman–Crippen MR) is 159 cm³/mol. The number of nitrogens with one attached hydrogen (secondary N) is 2. The van der Waals surface area contributed by atoms with Gasteiger partial charge in [0.2, 0.25) is 17.7 Å². The highest BCUT2D eigenvalue weighted by Gasteiger charge is 2.44. The van der Waals surface area contributed by atoms with Crippen molar-refractivity contribution in [2.24, 2.45) is 11.8 Å². The number of hydrogen-bond donors (Lipinski definition) is 2. The molecule has 1 fully saturated rings. The van der Waals surface area contributed by atoms with Crippen LogP contribution in [0.1, 0.15) is 44.2 Å². The predicted octanol–water partition coefficient (Wildman–Crippen LogP) is 2.87. The summed E-state index contributed by atoms with van der Waals surface area (Å²) in [5.74, 6) is -4.86. The van der Waals surface area contributed by atoms with E-state index in [1.807, 2.05) is 50.2 Å². The third kappa shape index (κ3) is 8.65. The van der Waals surface area contributed by atoms with Crippen molar-refractivity contribution < 1.29 is 33.4 Å². The molecule has 11 heteroatoms. The van der Waals surface area contributed by atoms with Gasteiger partial charge in [-0.15, -0.1) is 11.8 Å². The van der Waals surface area contributed by atoms with E-state index >= 15 is 0 Å². The number of carbonyl (C=O) groups is 5. The second-order valence-corrected chi connectivity index (χ2v) is 11.8. The Morgan fingerprint density at radius 3 is 2.14 bits per heavy atom. The van der Waals surface area contributed by atoms with Gasteiger partial charge >= 0.3 is 5.97 Å². The first-order chi connectivity index (χ1) is 20.0. The van der Waals surface area contributed by atoms with Crippen LogP contribution in [0.3, 0.4) is 0 Å². The third-order valence-electron chi connectivity index (χ3n) is 6.63. The Kier molecular flexibility index (Phi) is 12.1. The summed E-state index contributed by atoms with van der Waals surface area (Å²) < 4.78 is 10.0. The molecule has 2 N–H and O–H groups in total. The molecule has 0 unspecified atom stereocenters. The Morgan fingerprint density at radius 1 is 0.952 bits per heavy atom. The van der Waals surface area contributed by atoms with Crippen LogP contribution < -0.4 is 10.6 Å². The fourth-order valence-corrected chi connectivity index (χ4v) is 5.98. The Morgan fingerprint density at radius 2 is 1.57 bits per heavy atom. The van der Waals surface area contributed by atoms with E-state index in [1.54, 1.807) is 43.0 Å². The number of ketones is 1. The minimum Gasteiger partial charge on any atom is -0.457 e. The van der Waals surface area contributed by atoms with Crippen molar-refractivity contribution in [3.8, 4) is 0 Å². The minimum atomic E-state index is -1.36. The smallest absolute Gasteiger partial charge is 0.375 e. The number of thioether (sulfide) groups is 1. The number of methoxy groups -OCH3 is 1. The molecule has 1 saturated heterocycles. The van der Waals surface area contributed by atoms with Crippen LogP contribution in [0.2, 0.25) is 0 Å². The van der Waals surface area contributed by atoms with Crippen molar-refractivity contribution in [2.75, 3.05) is 19.5 Å². The highest BCUT2D eigenvalue weighted by molar-refractivity contribution is 7.99. The second kappa shape index (κ2) is 15.5. The van der Waals surface area contributed by atoms with E-state index in [4.69, 9.17) is 9.47 Å². The fraction of sp³-hybridized carbons (Fsp3) is 0.452. The van der Waals surface area contributed by atoms with E-state index in [0.717, 1.165) is 5.56 Å². The topological polar surface area (TPSA) is 131 Å². The van der Waals surface area contributed by atoms with E-state index < -0.39 is 53.2 Å². The number of Topliss-reactive ketones (excluding diaryl/α,β-unsaturated/α-hetero) is 1. The molecule has 3 amide bonds. The van der Waals surface area contributed by atoms with E-state index in [-0.39, 0.29) is 24.9 Å². The quantitative estimate of drug-likeness (QED) is 0.205. The van der Waals surface area contributed by atoms with Crippen LogP contribution in [-0.4, -0.2) is 72.2 Å². The Labute approximate surface area is 250 Å². The van der Waals surface area contributed by atoms with Gasteiger partial charge in [0, 0.05) is 12.9 Å². The first-order valence-corrected chi connectivity index (χ1v) is 14.9. The number of nitrogens with zero attached hydrogens (tertiary/aromatic N) is 1. The molecule has 2 aromatic rings. The molecule has 226 valence electrons. The highest BCUT2D eigenvalue weighted by Crippen LogP contribution is 2.41. The first kappa shape index (κ1) is 32.8. The molecule has 42 heavy (non-hydrogen) atoms. The summed E-state index contributed by atoms with van der Waals surface area (Å²) >= 11 is 1.46. The van der Waals surface area contributed by atoms with Crippen LogP contribution in [0, 0.1) is 11.8 Å². The average molecular weight is 598 g/mol. The van der Waals surface area contributed by atoms with Crippen LogP contribution in [0.4, 0.5) is 0 Å². The largest absolute Gasteiger partial charge is 0.457 e. The molecule has 1 heterocycles. The van der Waals surface area contributed by atoms with Gasteiger partial charge in [0.25, 0.3) is 5.78 Å². The van der Waals surface area contributed by atoms with Gasteiger partial charge in [0.05, 0.1) is 6.10 Å². The number of hydrogen-bond acceptors (Lipinski definition) is 8. The SMILES string of the molecule is COCC(=O)N[C@H](C(=O)N1[C@@H](NC(=O)[C@@H](Cc2ccccc2)C(=O)C(=O)OC(C)C)CS[C@@H]1c1ccccc1)C(C)C. The second-order valence-electron chi connectivity index (χ2n) is 10.6. The zero-order valence-corrected chi connectivity index (χ0v) is 25.4. The molecule has 2 aromatic carbocycles. The highest BCUT2D eigenvalue weighted by atomic mass is 32.2. The first-order valence-electron chi connectivity index (χ1n) is 13.9. The van der Waals surface area contributed by atoms with Crippen LogP contribution in [-0.2, 0) is 39.9 Å². The van der Waals surface area contributed by atoms with Gasteiger partial charge in [0.15, 0.2) is 0 Å². The van der Waals surface area contributed by atoms with E-state index in [2.05, 4.69) is 10.6 Å². The van der Waals surface area contributed by atoms with Gasteiger partial charge in [-0.3, -0.25) is 19.2 Å². The van der Waals surface area contributed by atoms with Crippen molar-refractivity contribution in [1.82, 2.24) is 15.5 Å². The third-order valence-corrected chi connectivity index (χ3v) is 7.96. The maximum atomic E-state index is 14.1. The van der Waals surface area contributed by atoms with Crippen LogP contribution in [0.5, 0.6) is 0 Å². The summed E-state index contributed by atoms with van der Waals surface area (Å²) in [6, 6.07) is 17.4. The van der Waals surface area contributed by atoms with Crippen LogP contribution in [0.15, 0.2) is 60.7 Å². The number of esters is 1. The molecule has 0 spiro atoms. The molecule has 0 bridgehead atoms. The zero-order valence-electron chi connectivity index (χ0n) is 24.6. The monoisotopic (exact) mass is 597 g/mol. The van der Waals surface area contributed by atoms with Crippen molar-refractivity contribution in [2.45, 2.75) is 57.8 Å². The number of carbonyl (C=O) groups excluding carboxylic acids is 5. The summed E-state index contributed by atoms with van der Waals surface area (Å²) in [4.78, 5) is 67.6. The summed E-state index contributed by atoms with van der Waals surface area (Å²) in [6.45, 7) is 6.68. The lowest BCUT2D eigenvalue weighted by molar-refractivity contribution is -0.160. The molecule has 0 radical (unpaired) electrons. The van der Waals surface area contributed by atoms with E-state index in [1.165, 1.54) is 18.9 Å². The van der Waals surface area contributed by atoms with Crippen LogP contribution in [0.25, 0.3) is 0 Å². The number of benzene rings is 2. The Bertz CT molecular complexity index is 1240. The molecule has 0 aliphatic carbocycles. The normalized spacial score (nSPS) is 17.9. The Balaban J connectivity index is 1.93. The molecule has 1 aliphatic heterocycles. The van der Waals surface area contributed by atoms with Gasteiger partial charge in [-0.2, -0.15) is 0 Å². The zero-order chi connectivity index (χ0) is 30.8. The molecule has 0 saturated carbocycles. The van der Waals surface area contributed by atoms with Crippen molar-refractivity contribution in [3.63, 3.8) is 0 Å². The summed E-state index contributed by atoms with van der Waals surface area (Å²) in [5, 5.41) is 5.17. The average Bonchev–Trinajstić information content (AvgIpc) is 3.37. The van der Waals surface area contributed by atoms with Crippen molar-refractivity contribution in [1.29, 1.82) is 0 Å². The van der Waals surface area contributed by atoms with Gasteiger partial charge < -0.3 is 25.0 Å². The maximum Gasteiger partial charge on any atom is 0.375 e. The number of ether oxygens (including phenoxy) is 2. The molecule has 0 aromatic heterocycles. The molecule has 4 atom stereocenters. The van der Waals surface area contributed by atoms with E-state index in [0.29, 0.717) is 11.3 Å². The molecular weight excluding hydrogens is 558 g/mol. The summed E-state index contributed by atoms with van der Waals surface area (Å²) in [5.41, 5.74) is 1.54. The molecule has 3 rings (SSSR count). The van der Waals surface area contributed by atoms with Crippen LogP contribution >= 0.6 is 11.8 Å². The van der Waals surface area contributed by atoms with Crippen molar-refractivity contribution >= 4 is 41.2 Å². The summed E-state index contributed by atoms with van der Waals surface area (Å²) in [6.07, 6.45) is -1.36. The molecule has 10 nitrogen and oxygen atoms in total. The summed E-state index contributed by atoms with van der Waals surface area (Å²) in [7, 11) is 1.39. The standard InChI is InChI=1S/C31H39N3O7S/c1-19(2)26(33-25(35)17-40-5)29(38)34-24(18-42-30(34)22-14-10-7-11-15-22)32-28(37)23(16-21-12-8-6-9-13-21)27(36)31(39)41-20(3)4/h6-15,19-20,23-24,26,30H,16-18H2,1-5H3,(H,32,37)(H,33,35)/t23-,24+,26-,30+/m0/s1. The lowest BCUT2D eigenvalue weighted by Gasteiger charge is -2.35. The molecular formula is C31H39N3O7S. The van der Waals surface area contributed by atoms with Gasteiger partial charge in [-0.05, 0) is 37.3 Å². The lowest BCUT2D eigenvalue weighted by atomic mass is 9.94. The fourth-order valence-electron chi connectivity index (χ4n) is 4.62. The minimum absolute atomic E-state index is 0.0175. The number of amides is 3. The van der Waals surface area contributed by atoms with E-state index in [9.17, 15) is 24.0 Å².